The van der Waals surface area contributed by atoms with Crippen molar-refractivity contribution >= 4 is 27.9 Å². The first-order valence-corrected chi connectivity index (χ1v) is 9.65. The minimum atomic E-state index is -1.04. The molecule has 10 nitrogen and oxygen atoms in total. The zero-order valence-corrected chi connectivity index (χ0v) is 16.7. The molecule has 4 rings (SSSR count). The fraction of sp³-hybridized carbons (Fsp3) is 0.278. The number of oxazole rings is 1. The van der Waals surface area contributed by atoms with Crippen LogP contribution in [-0.4, -0.2) is 60.6 Å². The second kappa shape index (κ2) is 8.03. The van der Waals surface area contributed by atoms with Crippen molar-refractivity contribution in [3.8, 4) is 11.3 Å². The smallest absolute Gasteiger partial charge is 0.407 e. The number of rotatable bonds is 5. The number of carbonyl (C=O) groups excluding carboxylic acids is 1. The van der Waals surface area contributed by atoms with Crippen LogP contribution in [0.3, 0.4) is 0 Å². The largest absolute Gasteiger partial charge is 0.465 e. The quantitative estimate of drug-likeness (QED) is 0.597. The number of hydrogen-bond donors (Lipinski definition) is 2. The van der Waals surface area contributed by atoms with Gasteiger partial charge in [-0.3, -0.25) is 9.48 Å². The number of nitrogens with one attached hydrogen (secondary N) is 1. The van der Waals surface area contributed by atoms with Crippen molar-refractivity contribution in [1.29, 1.82) is 0 Å². The van der Waals surface area contributed by atoms with E-state index in [0.29, 0.717) is 18.7 Å². The number of amides is 2. The molecule has 1 saturated heterocycles. The summed E-state index contributed by atoms with van der Waals surface area (Å²) >= 11 is 3.39. The van der Waals surface area contributed by atoms with E-state index < -0.39 is 12.0 Å². The minimum Gasteiger partial charge on any atom is -0.465 e. The third-order valence-electron chi connectivity index (χ3n) is 4.67. The second-order valence-electron chi connectivity index (χ2n) is 6.66. The molecule has 3 aromatic rings. The maximum atomic E-state index is 12.5. The first kappa shape index (κ1) is 19.1. The Hall–Kier alpha value is -3.21. The molecule has 2 aromatic heterocycles. The van der Waals surface area contributed by atoms with Crippen molar-refractivity contribution in [2.75, 3.05) is 6.54 Å². The van der Waals surface area contributed by atoms with E-state index in [1.165, 1.54) is 17.3 Å². The number of halogens is 1. The van der Waals surface area contributed by atoms with Crippen molar-refractivity contribution < 1.29 is 19.1 Å². The van der Waals surface area contributed by atoms with Gasteiger partial charge in [0.05, 0.1) is 25.0 Å². The first-order chi connectivity index (χ1) is 14.0. The molecule has 2 N–H and O–H groups in total. The Labute approximate surface area is 173 Å². The molecule has 1 aromatic carbocycles. The van der Waals surface area contributed by atoms with Gasteiger partial charge in [-0.05, 0) is 18.6 Å². The lowest BCUT2D eigenvalue weighted by Gasteiger charge is -2.20. The predicted molar refractivity (Wildman–Crippen MR) is 104 cm³/mol. The van der Waals surface area contributed by atoms with Crippen molar-refractivity contribution in [3.05, 3.63) is 53.2 Å². The summed E-state index contributed by atoms with van der Waals surface area (Å²) in [5.74, 6) is -0.0799. The molecule has 0 unspecified atom stereocenters. The molecule has 1 aliphatic heterocycles. The molecular weight excluding hydrogens is 444 g/mol. The highest BCUT2D eigenvalue weighted by Gasteiger charge is 2.37. The van der Waals surface area contributed by atoms with Gasteiger partial charge in [0.25, 0.3) is 5.89 Å². The van der Waals surface area contributed by atoms with E-state index in [1.807, 2.05) is 24.3 Å². The molecule has 2 amide bonds. The number of likely N-dealkylation sites (tertiary alicyclic amines) is 1. The van der Waals surface area contributed by atoms with Gasteiger partial charge in [0, 0.05) is 28.8 Å². The van der Waals surface area contributed by atoms with Crippen LogP contribution >= 0.6 is 15.9 Å². The van der Waals surface area contributed by atoms with Crippen molar-refractivity contribution in [1.82, 2.24) is 30.2 Å². The number of aromatic nitrogens is 4. The summed E-state index contributed by atoms with van der Waals surface area (Å²) in [6.45, 7) is 0.546. The summed E-state index contributed by atoms with van der Waals surface area (Å²) in [7, 11) is 0. The van der Waals surface area contributed by atoms with Gasteiger partial charge in [-0.25, -0.2) is 9.78 Å². The maximum Gasteiger partial charge on any atom is 0.407 e. The van der Waals surface area contributed by atoms with Crippen LogP contribution in [0.4, 0.5) is 4.79 Å². The molecule has 0 bridgehead atoms. The molecule has 29 heavy (non-hydrogen) atoms. The van der Waals surface area contributed by atoms with E-state index in [1.54, 1.807) is 10.9 Å². The van der Waals surface area contributed by atoms with Gasteiger partial charge >= 0.3 is 12.0 Å². The predicted octanol–water partition coefficient (Wildman–Crippen LogP) is 2.25. The Kier molecular flexibility index (Phi) is 5.30. The lowest BCUT2D eigenvalue weighted by molar-refractivity contribution is 0.0901. The van der Waals surface area contributed by atoms with Crippen molar-refractivity contribution in [3.63, 3.8) is 0 Å². The second-order valence-corrected chi connectivity index (χ2v) is 7.58. The summed E-state index contributed by atoms with van der Waals surface area (Å²) in [4.78, 5) is 29.5. The van der Waals surface area contributed by atoms with Crippen LogP contribution in [0.25, 0.3) is 11.3 Å². The third-order valence-corrected chi connectivity index (χ3v) is 5.17. The minimum absolute atomic E-state index is 0.0680. The van der Waals surface area contributed by atoms with Crippen LogP contribution in [0.5, 0.6) is 0 Å². The number of benzene rings is 1. The van der Waals surface area contributed by atoms with Crippen LogP contribution in [0.1, 0.15) is 17.1 Å². The highest BCUT2D eigenvalue weighted by molar-refractivity contribution is 9.10. The zero-order chi connectivity index (χ0) is 20.4. The summed E-state index contributed by atoms with van der Waals surface area (Å²) in [6, 6.07) is 6.78. The molecule has 1 aliphatic rings. The summed E-state index contributed by atoms with van der Waals surface area (Å²) < 4.78 is 8.04. The monoisotopic (exact) mass is 460 g/mol. The van der Waals surface area contributed by atoms with E-state index >= 15 is 0 Å². The van der Waals surface area contributed by atoms with Crippen molar-refractivity contribution in [2.24, 2.45) is 0 Å². The number of carboxylic acid groups (broad SMARTS) is 1. The van der Waals surface area contributed by atoms with Gasteiger partial charge in [0.1, 0.15) is 0 Å². The van der Waals surface area contributed by atoms with Gasteiger partial charge in [-0.2, -0.15) is 0 Å². The maximum absolute atomic E-state index is 12.5. The third kappa shape index (κ3) is 4.29. The molecular formula is C18H17BrN6O4. The fourth-order valence-corrected chi connectivity index (χ4v) is 3.78. The normalized spacial score (nSPS) is 18.7. The standard InChI is InChI=1S/C18H17BrN6O4/c19-12-3-1-2-11(6-12)15-8-20-17(29-15)16(26)22-13-7-14(25(9-13)18(27)28)10-24-5-4-21-23-24/h1-6,8,13-14H,7,9-10H2,(H,22,26)(H,27,28)/t13-,14+/m1/s1. The molecule has 11 heteroatoms. The van der Waals surface area contributed by atoms with E-state index in [9.17, 15) is 14.7 Å². The van der Waals surface area contributed by atoms with E-state index in [4.69, 9.17) is 4.42 Å². The topological polar surface area (TPSA) is 126 Å². The van der Waals surface area contributed by atoms with Crippen LogP contribution in [0.15, 0.2) is 51.7 Å². The Morgan fingerprint density at radius 3 is 2.97 bits per heavy atom. The molecule has 0 radical (unpaired) electrons. The summed E-state index contributed by atoms with van der Waals surface area (Å²) in [5.41, 5.74) is 0.789. The Bertz CT molecular complexity index is 1020. The molecule has 0 spiro atoms. The lowest BCUT2D eigenvalue weighted by Crippen LogP contribution is -2.39. The fourth-order valence-electron chi connectivity index (χ4n) is 3.38. The highest BCUT2D eigenvalue weighted by Crippen LogP contribution is 2.24. The molecule has 2 atom stereocenters. The number of carbonyl (C=O) groups is 2. The molecule has 150 valence electrons. The first-order valence-electron chi connectivity index (χ1n) is 8.86. The van der Waals surface area contributed by atoms with E-state index in [0.717, 1.165) is 10.0 Å². The van der Waals surface area contributed by atoms with Crippen LogP contribution in [-0.2, 0) is 6.54 Å². The zero-order valence-electron chi connectivity index (χ0n) is 15.1. The van der Waals surface area contributed by atoms with Crippen LogP contribution in [0.2, 0.25) is 0 Å². The number of hydrogen-bond acceptors (Lipinski definition) is 6. The van der Waals surface area contributed by atoms with E-state index in [-0.39, 0.29) is 24.5 Å². The molecule has 3 heterocycles. The van der Waals surface area contributed by atoms with Gasteiger partial charge in [0.15, 0.2) is 5.76 Å². The van der Waals surface area contributed by atoms with Gasteiger partial charge in [0.2, 0.25) is 0 Å². The van der Waals surface area contributed by atoms with Gasteiger partial charge in [-0.1, -0.05) is 33.3 Å². The van der Waals surface area contributed by atoms with Gasteiger partial charge in [-0.15, -0.1) is 5.10 Å². The SMILES string of the molecule is O=C(N[C@@H]1C[C@@H](Cn2ccnn2)N(C(=O)O)C1)c1ncc(-c2cccc(Br)c2)o1. The van der Waals surface area contributed by atoms with Crippen LogP contribution in [0, 0.1) is 0 Å². The van der Waals surface area contributed by atoms with Crippen LogP contribution < -0.4 is 5.32 Å². The highest BCUT2D eigenvalue weighted by atomic mass is 79.9. The average Bonchev–Trinajstić information content (AvgIpc) is 3.43. The average molecular weight is 461 g/mol. The Balaban J connectivity index is 1.42. The molecule has 1 fully saturated rings. The Morgan fingerprint density at radius 2 is 2.24 bits per heavy atom. The van der Waals surface area contributed by atoms with Crippen molar-refractivity contribution in [2.45, 2.75) is 25.0 Å². The molecule has 0 aliphatic carbocycles. The summed E-state index contributed by atoms with van der Waals surface area (Å²) in [5, 5.41) is 19.9. The number of nitrogens with zero attached hydrogens (tertiary/aromatic N) is 5. The van der Waals surface area contributed by atoms with Gasteiger partial charge < -0.3 is 19.7 Å². The summed E-state index contributed by atoms with van der Waals surface area (Å²) in [6.07, 6.45) is 4.10. The van der Waals surface area contributed by atoms with E-state index in [2.05, 4.69) is 36.5 Å². The lowest BCUT2D eigenvalue weighted by atomic mass is 10.1. The Morgan fingerprint density at radius 1 is 1.38 bits per heavy atom. The molecule has 0 saturated carbocycles.